The molecule has 0 aromatic heterocycles. The van der Waals surface area contributed by atoms with E-state index >= 15 is 0 Å². The third-order valence-corrected chi connectivity index (χ3v) is 3.71. The molecule has 1 aliphatic heterocycles. The first kappa shape index (κ1) is 18.0. The van der Waals surface area contributed by atoms with Crippen LogP contribution in [0.25, 0.3) is 0 Å². The van der Waals surface area contributed by atoms with Crippen LogP contribution in [0, 0.1) is 5.82 Å². The molecule has 0 radical (unpaired) electrons. The van der Waals surface area contributed by atoms with Crippen molar-refractivity contribution in [3.63, 3.8) is 0 Å². The predicted molar refractivity (Wildman–Crippen MR) is 69.3 cm³/mol. The van der Waals surface area contributed by atoms with Gasteiger partial charge in [-0.1, -0.05) is 12.1 Å². The van der Waals surface area contributed by atoms with Crippen LogP contribution in [0.15, 0.2) is 18.2 Å². The molecule has 1 saturated heterocycles. The average Bonchev–Trinajstić information content (AvgIpc) is 2.43. The molecule has 23 heavy (non-hydrogen) atoms. The molecule has 0 spiro atoms. The van der Waals surface area contributed by atoms with E-state index in [1.807, 2.05) is 0 Å². The Morgan fingerprint density at radius 2 is 1.65 bits per heavy atom. The van der Waals surface area contributed by atoms with E-state index in [0.717, 1.165) is 12.1 Å². The summed E-state index contributed by atoms with van der Waals surface area (Å²) >= 11 is 0. The number of halogens is 7. The first-order valence-electron chi connectivity index (χ1n) is 6.97. The van der Waals surface area contributed by atoms with Crippen LogP contribution in [0.4, 0.5) is 30.7 Å². The number of piperazine rings is 1. The van der Waals surface area contributed by atoms with Crippen molar-refractivity contribution in [3.8, 4) is 0 Å². The van der Waals surface area contributed by atoms with E-state index in [2.05, 4.69) is 5.32 Å². The predicted octanol–water partition coefficient (Wildman–Crippen LogP) is 3.74. The highest BCUT2D eigenvalue weighted by Crippen LogP contribution is 2.41. The Morgan fingerprint density at radius 1 is 1.04 bits per heavy atom. The zero-order chi connectivity index (χ0) is 17.3. The van der Waals surface area contributed by atoms with Crippen LogP contribution in [0.2, 0.25) is 0 Å². The van der Waals surface area contributed by atoms with Crippen molar-refractivity contribution >= 4 is 0 Å². The van der Waals surface area contributed by atoms with Gasteiger partial charge in [0.1, 0.15) is 5.82 Å². The Balaban J connectivity index is 2.48. The quantitative estimate of drug-likeness (QED) is 0.841. The molecule has 1 heterocycles. The lowest BCUT2D eigenvalue weighted by Gasteiger charge is -2.36. The highest BCUT2D eigenvalue weighted by molar-refractivity contribution is 5.34. The second-order valence-electron chi connectivity index (χ2n) is 5.32. The Bertz CT molecular complexity index is 533. The van der Waals surface area contributed by atoms with Crippen LogP contribution < -0.4 is 5.32 Å². The zero-order valence-corrected chi connectivity index (χ0v) is 11.9. The SMILES string of the molecule is Fc1cccc([C@H](CC(F)(F)F)N2CCNCC2)c1C(F)(F)F. The first-order chi connectivity index (χ1) is 10.6. The second-order valence-corrected chi connectivity index (χ2v) is 5.32. The molecule has 9 heteroatoms. The lowest BCUT2D eigenvalue weighted by atomic mass is 9.95. The summed E-state index contributed by atoms with van der Waals surface area (Å²) in [4.78, 5) is 1.31. The van der Waals surface area contributed by atoms with Crippen molar-refractivity contribution in [2.24, 2.45) is 0 Å². The van der Waals surface area contributed by atoms with E-state index in [0.29, 0.717) is 19.2 Å². The summed E-state index contributed by atoms with van der Waals surface area (Å²) < 4.78 is 91.6. The van der Waals surface area contributed by atoms with Gasteiger partial charge in [-0.3, -0.25) is 4.90 Å². The fourth-order valence-corrected chi connectivity index (χ4v) is 2.77. The van der Waals surface area contributed by atoms with E-state index in [1.54, 1.807) is 0 Å². The van der Waals surface area contributed by atoms with Crippen molar-refractivity contribution in [2.75, 3.05) is 26.2 Å². The Hall–Kier alpha value is -1.35. The number of alkyl halides is 6. The maximum Gasteiger partial charge on any atom is 0.419 e. The molecular weight excluding hydrogens is 329 g/mol. The molecule has 1 atom stereocenters. The molecule has 0 bridgehead atoms. The zero-order valence-electron chi connectivity index (χ0n) is 11.9. The van der Waals surface area contributed by atoms with Crippen LogP contribution in [0.1, 0.15) is 23.6 Å². The number of hydrogen-bond donors (Lipinski definition) is 1. The van der Waals surface area contributed by atoms with Gasteiger partial charge < -0.3 is 5.32 Å². The van der Waals surface area contributed by atoms with Crippen LogP contribution >= 0.6 is 0 Å². The molecule has 1 N–H and O–H groups in total. The van der Waals surface area contributed by atoms with Crippen molar-refractivity contribution in [1.29, 1.82) is 0 Å². The van der Waals surface area contributed by atoms with Gasteiger partial charge in [-0.2, -0.15) is 26.3 Å². The lowest BCUT2D eigenvalue weighted by molar-refractivity contribution is -0.154. The van der Waals surface area contributed by atoms with Crippen molar-refractivity contribution in [1.82, 2.24) is 10.2 Å². The number of rotatable bonds is 3. The topological polar surface area (TPSA) is 15.3 Å². The van der Waals surface area contributed by atoms with Gasteiger partial charge in [0.25, 0.3) is 0 Å². The number of hydrogen-bond acceptors (Lipinski definition) is 2. The fourth-order valence-electron chi connectivity index (χ4n) is 2.77. The summed E-state index contributed by atoms with van der Waals surface area (Å²) in [6.45, 7) is 1.05. The third-order valence-electron chi connectivity index (χ3n) is 3.71. The maximum atomic E-state index is 13.7. The molecule has 130 valence electrons. The molecule has 1 aromatic carbocycles. The van der Waals surface area contributed by atoms with E-state index in [-0.39, 0.29) is 13.1 Å². The lowest BCUT2D eigenvalue weighted by Crippen LogP contribution is -2.46. The van der Waals surface area contributed by atoms with Gasteiger partial charge in [0, 0.05) is 32.2 Å². The van der Waals surface area contributed by atoms with Crippen molar-refractivity contribution in [2.45, 2.75) is 24.8 Å². The summed E-state index contributed by atoms with van der Waals surface area (Å²) in [6, 6.07) is 0.967. The minimum Gasteiger partial charge on any atom is -0.314 e. The van der Waals surface area contributed by atoms with E-state index in [4.69, 9.17) is 0 Å². The molecule has 1 fully saturated rings. The summed E-state index contributed by atoms with van der Waals surface area (Å²) in [5, 5.41) is 2.92. The van der Waals surface area contributed by atoms with Gasteiger partial charge >= 0.3 is 12.4 Å². The maximum absolute atomic E-state index is 13.7. The van der Waals surface area contributed by atoms with E-state index in [9.17, 15) is 30.7 Å². The minimum absolute atomic E-state index is 0.161. The molecule has 1 aliphatic rings. The van der Waals surface area contributed by atoms with Crippen LogP contribution in [-0.2, 0) is 6.18 Å². The monoisotopic (exact) mass is 344 g/mol. The second kappa shape index (κ2) is 6.64. The van der Waals surface area contributed by atoms with Crippen LogP contribution in [0.5, 0.6) is 0 Å². The molecule has 0 amide bonds. The number of nitrogens with zero attached hydrogens (tertiary/aromatic N) is 1. The summed E-state index contributed by atoms with van der Waals surface area (Å²) in [5.74, 6) is -1.56. The van der Waals surface area contributed by atoms with E-state index in [1.165, 1.54) is 4.90 Å². The van der Waals surface area contributed by atoms with Gasteiger partial charge in [0.05, 0.1) is 12.0 Å². The molecule has 2 nitrogen and oxygen atoms in total. The fraction of sp³-hybridized carbons (Fsp3) is 0.571. The molecule has 0 aliphatic carbocycles. The van der Waals surface area contributed by atoms with Crippen LogP contribution in [0.3, 0.4) is 0 Å². The van der Waals surface area contributed by atoms with Gasteiger partial charge in [-0.25, -0.2) is 4.39 Å². The molecule has 2 rings (SSSR count). The summed E-state index contributed by atoms with van der Waals surface area (Å²) in [7, 11) is 0. The van der Waals surface area contributed by atoms with Gasteiger partial charge in [0.15, 0.2) is 0 Å². The van der Waals surface area contributed by atoms with Crippen molar-refractivity contribution in [3.05, 3.63) is 35.1 Å². The molecule has 1 aromatic rings. The minimum atomic E-state index is -5.06. The summed E-state index contributed by atoms with van der Waals surface area (Å²) in [6.07, 6.45) is -11.2. The van der Waals surface area contributed by atoms with Gasteiger partial charge in [0.2, 0.25) is 0 Å². The standard InChI is InChI=1S/C14H15F7N2/c15-10-3-1-2-9(12(10)14(19,20)21)11(8-13(16,17)18)23-6-4-22-5-7-23/h1-3,11,22H,4-8H2/t11-/m0/s1. The normalized spacial score (nSPS) is 18.9. The molecule has 0 saturated carbocycles. The van der Waals surface area contributed by atoms with Gasteiger partial charge in [-0.15, -0.1) is 0 Å². The number of nitrogens with one attached hydrogen (secondary N) is 1. The Labute approximate surface area is 128 Å². The smallest absolute Gasteiger partial charge is 0.314 e. The summed E-state index contributed by atoms with van der Waals surface area (Å²) in [5.41, 5.74) is -2.29. The average molecular weight is 344 g/mol. The highest BCUT2D eigenvalue weighted by atomic mass is 19.4. The molecule has 0 unspecified atom stereocenters. The first-order valence-corrected chi connectivity index (χ1v) is 6.97. The van der Waals surface area contributed by atoms with E-state index < -0.39 is 41.8 Å². The largest absolute Gasteiger partial charge is 0.419 e. The van der Waals surface area contributed by atoms with Gasteiger partial charge in [-0.05, 0) is 11.6 Å². The third kappa shape index (κ3) is 4.57. The Morgan fingerprint density at radius 3 is 2.17 bits per heavy atom. The molecular formula is C14H15F7N2. The van der Waals surface area contributed by atoms with Crippen LogP contribution in [-0.4, -0.2) is 37.3 Å². The number of benzene rings is 1. The van der Waals surface area contributed by atoms with Crippen molar-refractivity contribution < 1.29 is 30.7 Å². The highest BCUT2D eigenvalue weighted by Gasteiger charge is 2.43. The Kier molecular flexibility index (Phi) is 5.20.